The van der Waals surface area contributed by atoms with E-state index in [0.29, 0.717) is 26.1 Å². The Balaban J connectivity index is 1.32. The fourth-order valence-corrected chi connectivity index (χ4v) is 4.39. The molecule has 2 heterocycles. The summed E-state index contributed by atoms with van der Waals surface area (Å²) in [6, 6.07) is 25.4. The topological polar surface area (TPSA) is 43.2 Å². The van der Waals surface area contributed by atoms with Gasteiger partial charge in [0.25, 0.3) is 0 Å². The van der Waals surface area contributed by atoms with Gasteiger partial charge in [-0.25, -0.2) is 9.98 Å². The summed E-state index contributed by atoms with van der Waals surface area (Å²) in [6.07, 6.45) is 1.42. The standard InChI is InChI=1S/C28H28N2O2/c1-19-13-20(2)24(16-28-30-26(18-32-28)22-11-7-4-8-12-22)14-23(19)15-27-29-25(17-31-27)21-9-5-3-6-10-21/h3-14,25-26H,15-18H2,1-2H3. The molecule has 0 N–H and O–H groups in total. The third-order valence-corrected chi connectivity index (χ3v) is 6.26. The molecule has 0 fully saturated rings. The molecule has 2 aliphatic rings. The summed E-state index contributed by atoms with van der Waals surface area (Å²) >= 11 is 0. The minimum atomic E-state index is 0.0904. The number of benzene rings is 3. The second-order valence-electron chi connectivity index (χ2n) is 8.58. The molecule has 0 aromatic heterocycles. The van der Waals surface area contributed by atoms with Crippen LogP contribution in [0.1, 0.15) is 45.5 Å². The van der Waals surface area contributed by atoms with E-state index in [1.165, 1.54) is 33.4 Å². The number of rotatable bonds is 6. The highest BCUT2D eigenvalue weighted by Gasteiger charge is 2.23. The average molecular weight is 425 g/mol. The van der Waals surface area contributed by atoms with Gasteiger partial charge in [0, 0.05) is 12.8 Å². The van der Waals surface area contributed by atoms with Crippen LogP contribution in [0.5, 0.6) is 0 Å². The highest BCUT2D eigenvalue weighted by Crippen LogP contribution is 2.27. The minimum absolute atomic E-state index is 0.0904. The summed E-state index contributed by atoms with van der Waals surface area (Å²) in [4.78, 5) is 9.68. The number of hydrogen-bond acceptors (Lipinski definition) is 4. The van der Waals surface area contributed by atoms with Crippen LogP contribution in [-0.2, 0) is 22.3 Å². The van der Waals surface area contributed by atoms with Crippen LogP contribution < -0.4 is 0 Å². The number of aliphatic imine (C=N–C) groups is 2. The molecule has 3 aromatic rings. The van der Waals surface area contributed by atoms with Crippen molar-refractivity contribution in [2.45, 2.75) is 38.8 Å². The van der Waals surface area contributed by atoms with Gasteiger partial charge in [0.05, 0.1) is 0 Å². The van der Waals surface area contributed by atoms with Gasteiger partial charge in [-0.2, -0.15) is 0 Å². The smallest absolute Gasteiger partial charge is 0.188 e. The van der Waals surface area contributed by atoms with Crippen LogP contribution >= 0.6 is 0 Å². The molecule has 0 radical (unpaired) electrons. The molecule has 0 aliphatic carbocycles. The van der Waals surface area contributed by atoms with E-state index >= 15 is 0 Å². The fourth-order valence-electron chi connectivity index (χ4n) is 4.39. The predicted molar refractivity (Wildman–Crippen MR) is 128 cm³/mol. The second-order valence-corrected chi connectivity index (χ2v) is 8.58. The molecule has 0 spiro atoms. The van der Waals surface area contributed by atoms with E-state index in [0.717, 1.165) is 11.8 Å². The summed E-state index contributed by atoms with van der Waals surface area (Å²) < 4.78 is 11.9. The van der Waals surface area contributed by atoms with Crippen LogP contribution in [-0.4, -0.2) is 25.0 Å². The van der Waals surface area contributed by atoms with E-state index in [2.05, 4.69) is 74.5 Å². The van der Waals surface area contributed by atoms with Crippen LogP contribution in [0, 0.1) is 13.8 Å². The summed E-state index contributed by atoms with van der Waals surface area (Å²) in [7, 11) is 0. The second kappa shape index (κ2) is 8.99. The molecule has 0 saturated heterocycles. The maximum Gasteiger partial charge on any atom is 0.188 e. The van der Waals surface area contributed by atoms with Crippen molar-refractivity contribution in [1.82, 2.24) is 0 Å². The van der Waals surface area contributed by atoms with Gasteiger partial charge in [0.2, 0.25) is 0 Å². The summed E-state index contributed by atoms with van der Waals surface area (Å²) in [5.41, 5.74) is 7.42. The van der Waals surface area contributed by atoms with Gasteiger partial charge in [-0.15, -0.1) is 0 Å². The Morgan fingerprint density at radius 1 is 0.656 bits per heavy atom. The monoisotopic (exact) mass is 424 g/mol. The van der Waals surface area contributed by atoms with Gasteiger partial charge in [-0.3, -0.25) is 0 Å². The van der Waals surface area contributed by atoms with Crippen LogP contribution in [0.2, 0.25) is 0 Å². The molecule has 162 valence electrons. The number of nitrogens with zero attached hydrogens (tertiary/aromatic N) is 2. The van der Waals surface area contributed by atoms with Crippen LogP contribution in [0.3, 0.4) is 0 Å². The highest BCUT2D eigenvalue weighted by molar-refractivity contribution is 5.82. The Morgan fingerprint density at radius 2 is 1.09 bits per heavy atom. The molecule has 0 amide bonds. The van der Waals surface area contributed by atoms with Crippen molar-refractivity contribution in [2.24, 2.45) is 9.98 Å². The van der Waals surface area contributed by atoms with Crippen molar-refractivity contribution in [3.8, 4) is 0 Å². The lowest BCUT2D eigenvalue weighted by molar-refractivity contribution is 0.313. The molecule has 3 aromatic carbocycles. The van der Waals surface area contributed by atoms with Crippen LogP contribution in [0.25, 0.3) is 0 Å². The molecule has 2 unspecified atom stereocenters. The molecule has 5 rings (SSSR count). The zero-order valence-corrected chi connectivity index (χ0v) is 18.6. The third-order valence-electron chi connectivity index (χ3n) is 6.26. The fraction of sp³-hybridized carbons (Fsp3) is 0.286. The summed E-state index contributed by atoms with van der Waals surface area (Å²) in [5.74, 6) is 1.63. The summed E-state index contributed by atoms with van der Waals surface area (Å²) in [5, 5.41) is 0. The quantitative estimate of drug-likeness (QED) is 0.507. The van der Waals surface area contributed by atoms with Gasteiger partial charge in [0.1, 0.15) is 25.3 Å². The van der Waals surface area contributed by atoms with Gasteiger partial charge in [-0.05, 0) is 47.2 Å². The number of aryl methyl sites for hydroxylation is 2. The molecule has 2 atom stereocenters. The predicted octanol–water partition coefficient (Wildman–Crippen LogP) is 5.73. The Morgan fingerprint density at radius 3 is 1.53 bits per heavy atom. The molecule has 2 aliphatic heterocycles. The zero-order chi connectivity index (χ0) is 21.9. The van der Waals surface area contributed by atoms with Gasteiger partial charge >= 0.3 is 0 Å². The number of ether oxygens (including phenoxy) is 2. The van der Waals surface area contributed by atoms with Crippen LogP contribution in [0.15, 0.2) is 82.8 Å². The average Bonchev–Trinajstić information content (AvgIpc) is 3.48. The van der Waals surface area contributed by atoms with Crippen molar-refractivity contribution in [2.75, 3.05) is 13.2 Å². The first-order valence-corrected chi connectivity index (χ1v) is 11.2. The Labute approximate surface area is 189 Å². The van der Waals surface area contributed by atoms with E-state index in [-0.39, 0.29) is 12.1 Å². The molecule has 0 saturated carbocycles. The Kier molecular flexibility index (Phi) is 5.76. The third kappa shape index (κ3) is 4.45. The van der Waals surface area contributed by atoms with Gasteiger partial charge in [0.15, 0.2) is 11.8 Å². The first kappa shape index (κ1) is 20.5. The van der Waals surface area contributed by atoms with E-state index in [9.17, 15) is 0 Å². The lowest BCUT2D eigenvalue weighted by atomic mass is 9.96. The van der Waals surface area contributed by atoms with E-state index < -0.39 is 0 Å². The maximum absolute atomic E-state index is 5.95. The van der Waals surface area contributed by atoms with Crippen molar-refractivity contribution in [3.63, 3.8) is 0 Å². The Bertz CT molecular complexity index is 1060. The Hall–Kier alpha value is -3.40. The van der Waals surface area contributed by atoms with E-state index in [4.69, 9.17) is 19.5 Å². The molecular formula is C28H28N2O2. The highest BCUT2D eigenvalue weighted by atomic mass is 16.5. The van der Waals surface area contributed by atoms with Crippen molar-refractivity contribution in [3.05, 3.63) is 106 Å². The largest absolute Gasteiger partial charge is 0.478 e. The van der Waals surface area contributed by atoms with Gasteiger partial charge in [-0.1, -0.05) is 72.8 Å². The normalized spacial score (nSPS) is 19.8. The maximum atomic E-state index is 5.95. The molecular weight excluding hydrogens is 396 g/mol. The lowest BCUT2D eigenvalue weighted by Crippen LogP contribution is -2.09. The van der Waals surface area contributed by atoms with Crippen LogP contribution in [0.4, 0.5) is 0 Å². The van der Waals surface area contributed by atoms with Crippen molar-refractivity contribution < 1.29 is 9.47 Å². The molecule has 0 bridgehead atoms. The van der Waals surface area contributed by atoms with Crippen molar-refractivity contribution >= 4 is 11.8 Å². The van der Waals surface area contributed by atoms with Gasteiger partial charge < -0.3 is 9.47 Å². The SMILES string of the molecule is Cc1cc(C)c(CC2=NC(c3ccccc3)CO2)cc1CC1=NC(c2ccccc2)CO1. The first-order valence-electron chi connectivity index (χ1n) is 11.2. The minimum Gasteiger partial charge on any atom is -0.478 e. The lowest BCUT2D eigenvalue weighted by Gasteiger charge is -2.12. The zero-order valence-electron chi connectivity index (χ0n) is 18.6. The van der Waals surface area contributed by atoms with E-state index in [1.54, 1.807) is 0 Å². The van der Waals surface area contributed by atoms with Crippen molar-refractivity contribution in [1.29, 1.82) is 0 Å². The molecule has 4 nitrogen and oxygen atoms in total. The first-order chi connectivity index (χ1) is 15.7. The summed E-state index contributed by atoms with van der Waals surface area (Å²) in [6.45, 7) is 5.54. The molecule has 4 heteroatoms. The van der Waals surface area contributed by atoms with E-state index in [1.807, 2.05) is 12.1 Å². The number of hydrogen-bond donors (Lipinski definition) is 0. The molecule has 32 heavy (non-hydrogen) atoms.